The van der Waals surface area contributed by atoms with Crippen LogP contribution >= 0.6 is 0 Å². The Morgan fingerprint density at radius 3 is 2.71 bits per heavy atom. The molecule has 9 nitrogen and oxygen atoms in total. The van der Waals surface area contributed by atoms with Gasteiger partial charge in [-0.3, -0.25) is 14.9 Å². The highest BCUT2D eigenvalue weighted by atomic mass is 19.1. The van der Waals surface area contributed by atoms with Crippen molar-refractivity contribution in [3.63, 3.8) is 0 Å². The van der Waals surface area contributed by atoms with Crippen molar-refractivity contribution in [2.24, 2.45) is 5.92 Å². The number of carbonyl (C=O) groups excluding carboxylic acids is 1. The van der Waals surface area contributed by atoms with Gasteiger partial charge in [0.15, 0.2) is 17.1 Å². The van der Waals surface area contributed by atoms with Gasteiger partial charge in [0.1, 0.15) is 11.5 Å². The lowest BCUT2D eigenvalue weighted by atomic mass is 10.0. The van der Waals surface area contributed by atoms with E-state index in [1.54, 1.807) is 24.8 Å². The van der Waals surface area contributed by atoms with E-state index in [0.717, 1.165) is 46.0 Å². The maximum atomic E-state index is 14.1. The minimum absolute atomic E-state index is 0.0286. The maximum Gasteiger partial charge on any atom is 0.227 e. The molecular weight excluding hydrogens is 483 g/mol. The van der Waals surface area contributed by atoms with Crippen LogP contribution < -0.4 is 5.32 Å². The number of nitrogens with zero attached hydrogens (tertiary/aromatic N) is 5. The van der Waals surface area contributed by atoms with E-state index in [1.807, 2.05) is 31.2 Å². The van der Waals surface area contributed by atoms with E-state index < -0.39 is 0 Å². The summed E-state index contributed by atoms with van der Waals surface area (Å²) in [6, 6.07) is 10.6. The second kappa shape index (κ2) is 8.55. The number of hydrogen-bond acceptors (Lipinski definition) is 6. The van der Waals surface area contributed by atoms with Gasteiger partial charge in [0.25, 0.3) is 0 Å². The third-order valence-corrected chi connectivity index (χ3v) is 6.68. The Bertz CT molecular complexity index is 1850. The van der Waals surface area contributed by atoms with Crippen LogP contribution in [-0.4, -0.2) is 41.0 Å². The van der Waals surface area contributed by atoms with Gasteiger partial charge in [0, 0.05) is 41.2 Å². The number of anilines is 1. The third kappa shape index (κ3) is 3.96. The zero-order valence-electron chi connectivity index (χ0n) is 20.3. The van der Waals surface area contributed by atoms with Crippen LogP contribution in [0.4, 0.5) is 10.1 Å². The number of rotatable bonds is 5. The van der Waals surface area contributed by atoms with Crippen LogP contribution in [0.1, 0.15) is 18.4 Å². The molecule has 7 rings (SSSR count). The number of aromatic amines is 2. The summed E-state index contributed by atoms with van der Waals surface area (Å²) < 4.78 is 14.1. The summed E-state index contributed by atoms with van der Waals surface area (Å²) in [7, 11) is 0. The quantitative estimate of drug-likeness (QED) is 0.288. The van der Waals surface area contributed by atoms with Crippen molar-refractivity contribution < 1.29 is 9.18 Å². The second-order valence-electron chi connectivity index (χ2n) is 9.58. The Kier molecular flexibility index (Phi) is 5.00. The summed E-state index contributed by atoms with van der Waals surface area (Å²) in [5.74, 6) is 0.376. The van der Waals surface area contributed by atoms with E-state index in [0.29, 0.717) is 34.0 Å². The molecule has 0 unspecified atom stereocenters. The van der Waals surface area contributed by atoms with Gasteiger partial charge in [-0.05, 0) is 61.2 Å². The highest BCUT2D eigenvalue weighted by Crippen LogP contribution is 2.33. The predicted octanol–water partition coefficient (Wildman–Crippen LogP) is 5.42. The first kappa shape index (κ1) is 22.2. The number of hydrogen-bond donors (Lipinski definition) is 3. The number of nitrogens with one attached hydrogen (secondary N) is 3. The van der Waals surface area contributed by atoms with Gasteiger partial charge < -0.3 is 10.3 Å². The summed E-state index contributed by atoms with van der Waals surface area (Å²) in [5.41, 5.74) is 7.04. The van der Waals surface area contributed by atoms with Gasteiger partial charge in [0.2, 0.25) is 5.91 Å². The topological polar surface area (TPSA) is 125 Å². The van der Waals surface area contributed by atoms with Crippen molar-refractivity contribution in [1.29, 1.82) is 0 Å². The molecule has 0 saturated heterocycles. The average molecular weight is 505 g/mol. The molecule has 1 fully saturated rings. The molecule has 1 saturated carbocycles. The van der Waals surface area contributed by atoms with Crippen LogP contribution in [0.5, 0.6) is 0 Å². The Labute approximate surface area is 215 Å². The standard InChI is InChI=1S/C28H21FN8O/c1-14-6-16(8-19(29)7-14)21-4-5-31-26-23(21)34-27(35-26)24-22-10-18(12-32-25(22)37-36-24)17-9-20(13-30-11-17)33-28(38)15-2-3-15/h4-13,15H,2-3H2,1H3,(H,33,38)(H,31,34,35)(H,32,36,37). The molecule has 6 aromatic rings. The fourth-order valence-corrected chi connectivity index (χ4v) is 4.66. The number of fused-ring (bicyclic) bond motifs is 2. The van der Waals surface area contributed by atoms with Gasteiger partial charge in [-0.2, -0.15) is 5.10 Å². The minimum Gasteiger partial charge on any atom is -0.335 e. The highest BCUT2D eigenvalue weighted by molar-refractivity contribution is 5.97. The van der Waals surface area contributed by atoms with Gasteiger partial charge in [-0.25, -0.2) is 19.3 Å². The molecule has 0 aliphatic heterocycles. The summed E-state index contributed by atoms with van der Waals surface area (Å²) in [5, 5.41) is 11.1. The molecule has 0 atom stereocenters. The second-order valence-corrected chi connectivity index (χ2v) is 9.58. The average Bonchev–Trinajstić information content (AvgIpc) is 3.54. The van der Waals surface area contributed by atoms with Gasteiger partial charge >= 0.3 is 0 Å². The molecule has 5 aromatic heterocycles. The lowest BCUT2D eigenvalue weighted by molar-refractivity contribution is -0.117. The number of aromatic nitrogens is 7. The van der Waals surface area contributed by atoms with Crippen molar-refractivity contribution in [3.05, 3.63) is 72.6 Å². The first-order valence-electron chi connectivity index (χ1n) is 12.2. The molecule has 0 spiro atoms. The van der Waals surface area contributed by atoms with Crippen molar-refractivity contribution in [3.8, 4) is 33.8 Å². The number of benzene rings is 1. The fraction of sp³-hybridized carbons (Fsp3) is 0.143. The van der Waals surface area contributed by atoms with Crippen molar-refractivity contribution in [1.82, 2.24) is 35.1 Å². The zero-order chi connectivity index (χ0) is 25.8. The molecule has 10 heteroatoms. The number of halogens is 1. The zero-order valence-corrected chi connectivity index (χ0v) is 20.3. The van der Waals surface area contributed by atoms with Crippen molar-refractivity contribution in [2.75, 3.05) is 5.32 Å². The van der Waals surface area contributed by atoms with Gasteiger partial charge in [-0.15, -0.1) is 0 Å². The van der Waals surface area contributed by atoms with Crippen LogP contribution in [0.25, 0.3) is 56.0 Å². The lowest BCUT2D eigenvalue weighted by Crippen LogP contribution is -2.13. The molecule has 38 heavy (non-hydrogen) atoms. The Hall–Kier alpha value is -4.99. The van der Waals surface area contributed by atoms with Gasteiger partial charge in [-0.1, -0.05) is 6.07 Å². The predicted molar refractivity (Wildman–Crippen MR) is 141 cm³/mol. The molecule has 186 valence electrons. The smallest absolute Gasteiger partial charge is 0.227 e. The van der Waals surface area contributed by atoms with Crippen LogP contribution in [-0.2, 0) is 4.79 Å². The number of amides is 1. The van der Waals surface area contributed by atoms with Crippen LogP contribution in [0.2, 0.25) is 0 Å². The first-order valence-corrected chi connectivity index (χ1v) is 12.2. The number of H-pyrrole nitrogens is 2. The van der Waals surface area contributed by atoms with Crippen molar-refractivity contribution in [2.45, 2.75) is 19.8 Å². The maximum absolute atomic E-state index is 14.1. The van der Waals surface area contributed by atoms with E-state index in [9.17, 15) is 9.18 Å². The molecule has 1 aliphatic rings. The van der Waals surface area contributed by atoms with Crippen LogP contribution in [0, 0.1) is 18.7 Å². The molecule has 0 radical (unpaired) electrons. The normalized spacial score (nSPS) is 13.3. The Balaban J connectivity index is 1.29. The number of aryl methyl sites for hydroxylation is 1. The summed E-state index contributed by atoms with van der Waals surface area (Å²) >= 11 is 0. The van der Waals surface area contributed by atoms with E-state index in [1.165, 1.54) is 12.1 Å². The van der Waals surface area contributed by atoms with Crippen LogP contribution in [0.15, 0.2) is 61.2 Å². The fourth-order valence-electron chi connectivity index (χ4n) is 4.66. The van der Waals surface area contributed by atoms with E-state index in [-0.39, 0.29) is 17.6 Å². The Morgan fingerprint density at radius 1 is 1.00 bits per heavy atom. The lowest BCUT2D eigenvalue weighted by Gasteiger charge is -2.06. The summed E-state index contributed by atoms with van der Waals surface area (Å²) in [4.78, 5) is 33.5. The molecule has 3 N–H and O–H groups in total. The van der Waals surface area contributed by atoms with E-state index >= 15 is 0 Å². The summed E-state index contributed by atoms with van der Waals surface area (Å²) in [6.45, 7) is 1.86. The largest absolute Gasteiger partial charge is 0.335 e. The summed E-state index contributed by atoms with van der Waals surface area (Å²) in [6.07, 6.45) is 8.62. The minimum atomic E-state index is -0.298. The number of imidazole rings is 1. The molecule has 1 aromatic carbocycles. The third-order valence-electron chi connectivity index (χ3n) is 6.68. The molecule has 0 bridgehead atoms. The highest BCUT2D eigenvalue weighted by Gasteiger charge is 2.29. The molecule has 1 amide bonds. The number of pyridine rings is 3. The van der Waals surface area contributed by atoms with Gasteiger partial charge in [0.05, 0.1) is 22.8 Å². The van der Waals surface area contributed by atoms with Crippen molar-refractivity contribution >= 4 is 33.8 Å². The van der Waals surface area contributed by atoms with E-state index in [2.05, 4.69) is 40.4 Å². The van der Waals surface area contributed by atoms with Crippen LogP contribution in [0.3, 0.4) is 0 Å². The SMILES string of the molecule is Cc1cc(F)cc(-c2ccnc3nc(-c4[nH]nc5ncc(-c6cncc(NC(=O)C7CC7)c6)cc45)[nH]c23)c1. The molecule has 1 aliphatic carbocycles. The monoisotopic (exact) mass is 504 g/mol. The Morgan fingerprint density at radius 2 is 1.87 bits per heavy atom. The number of carbonyl (C=O) groups is 1. The molecular formula is C28H21FN8O. The first-order chi connectivity index (χ1) is 18.5. The van der Waals surface area contributed by atoms with E-state index in [4.69, 9.17) is 0 Å². The molecule has 5 heterocycles.